The number of amides is 8. The Bertz CT molecular complexity index is 2430. The third kappa shape index (κ3) is 14.8. The Kier molecular flexibility index (Phi) is 19.7. The number of hydrogen-bond acceptors (Lipinski definition) is 18. The molecule has 1 saturated heterocycles. The molecule has 0 bridgehead atoms. The molecule has 6 unspecified atom stereocenters. The lowest BCUT2D eigenvalue weighted by atomic mass is 9.95. The van der Waals surface area contributed by atoms with Crippen molar-refractivity contribution in [3.05, 3.63) is 22.9 Å². The summed E-state index contributed by atoms with van der Waals surface area (Å²) >= 11 is 0.984. The Morgan fingerprint density at radius 2 is 1.58 bits per heavy atom. The van der Waals surface area contributed by atoms with E-state index in [-0.39, 0.29) is 24.0 Å². The molecule has 13 N–H and O–H groups in total. The molecule has 2 aliphatic carbocycles. The van der Waals surface area contributed by atoms with Crippen LogP contribution in [0.4, 0.5) is 0 Å². The SMILES string of the molecule is CC[C@H](C)[C@@H]1NC(=O)CNC(=O)C(N)Cc2c([nH]c3c2C2C(C=C3)C2OC(C)=O)SCC(C(=O)NC(CC(N)=O)C(=O)N2C[C@H](O)C[C@H]2C(=O)N[C@H](C(=O)O)[C@@H](C)[C@H](COC(C)=O)OC(C)=O)NC(=O)CNC1=O. The van der Waals surface area contributed by atoms with Crippen LogP contribution in [0.25, 0.3) is 6.08 Å². The Balaban J connectivity index is 1.46. The van der Waals surface area contributed by atoms with Gasteiger partial charge in [0.05, 0.1) is 36.7 Å². The molecular weight excluding hydrogens is 997 g/mol. The van der Waals surface area contributed by atoms with Crippen molar-refractivity contribution in [2.75, 3.05) is 32.0 Å². The second-order valence-corrected chi connectivity index (χ2v) is 19.7. The number of H-pyrrole nitrogens is 1. The maximum Gasteiger partial charge on any atom is 0.326 e. The molecule has 0 spiro atoms. The second-order valence-electron chi connectivity index (χ2n) is 18.7. The van der Waals surface area contributed by atoms with Gasteiger partial charge in [0.25, 0.3) is 0 Å². The summed E-state index contributed by atoms with van der Waals surface area (Å²) in [6.45, 7) is 5.75. The van der Waals surface area contributed by atoms with E-state index >= 15 is 0 Å². The van der Waals surface area contributed by atoms with E-state index in [1.807, 2.05) is 6.08 Å². The van der Waals surface area contributed by atoms with Crippen molar-refractivity contribution in [2.45, 2.75) is 133 Å². The molecule has 406 valence electrons. The van der Waals surface area contributed by atoms with E-state index in [1.54, 1.807) is 19.9 Å². The summed E-state index contributed by atoms with van der Waals surface area (Å²) in [6, 6.07) is -9.32. The first-order valence-corrected chi connectivity index (χ1v) is 24.8. The molecule has 0 aromatic carbocycles. The molecule has 2 fully saturated rings. The fourth-order valence-corrected chi connectivity index (χ4v) is 10.1. The largest absolute Gasteiger partial charge is 0.480 e. The Hall–Kier alpha value is -7.07. The van der Waals surface area contributed by atoms with Gasteiger partial charge < -0.3 is 77.7 Å². The fourth-order valence-electron chi connectivity index (χ4n) is 9.01. The molecule has 4 aliphatic rings. The average Bonchev–Trinajstić information content (AvgIpc) is 3.66. The maximum atomic E-state index is 14.5. The van der Waals surface area contributed by atoms with Gasteiger partial charge in [0.15, 0.2) is 0 Å². The minimum absolute atomic E-state index is 0.134. The molecule has 28 heteroatoms. The smallest absolute Gasteiger partial charge is 0.326 e. The number of nitrogens with two attached hydrogens (primary N) is 2. The van der Waals surface area contributed by atoms with Gasteiger partial charge in [-0.2, -0.15) is 0 Å². The molecule has 5 rings (SSSR count). The topological polar surface area (TPSA) is 416 Å². The number of likely N-dealkylation sites (tertiary alicyclic amines) is 1. The van der Waals surface area contributed by atoms with Gasteiger partial charge in [-0.05, 0) is 29.5 Å². The van der Waals surface area contributed by atoms with Gasteiger partial charge in [-0.1, -0.05) is 33.3 Å². The number of carbonyl (C=O) groups excluding carboxylic acids is 11. The third-order valence-corrected chi connectivity index (χ3v) is 14.2. The summed E-state index contributed by atoms with van der Waals surface area (Å²) in [4.78, 5) is 161. The van der Waals surface area contributed by atoms with Crippen molar-refractivity contribution in [1.29, 1.82) is 0 Å². The lowest BCUT2D eigenvalue weighted by Crippen LogP contribution is -2.60. The van der Waals surface area contributed by atoms with Gasteiger partial charge in [-0.3, -0.25) is 52.7 Å². The molecule has 1 aromatic rings. The summed E-state index contributed by atoms with van der Waals surface area (Å²) in [6.07, 6.45) is -0.694. The van der Waals surface area contributed by atoms with Gasteiger partial charge in [0, 0.05) is 62.9 Å². The molecule has 8 amide bonds. The minimum Gasteiger partial charge on any atom is -0.480 e. The number of β-amino-alcohol motifs (C(OH)–C–C–N with tert-alkyl or cyclic N) is 1. The zero-order valence-electron chi connectivity index (χ0n) is 41.6. The van der Waals surface area contributed by atoms with Crippen LogP contribution in [0.1, 0.15) is 83.5 Å². The van der Waals surface area contributed by atoms with Crippen molar-refractivity contribution in [1.82, 2.24) is 41.8 Å². The number of carbonyl (C=O) groups is 12. The van der Waals surface area contributed by atoms with Crippen LogP contribution < -0.4 is 43.4 Å². The van der Waals surface area contributed by atoms with Gasteiger partial charge in [0.1, 0.15) is 49.0 Å². The highest BCUT2D eigenvalue weighted by Gasteiger charge is 2.56. The monoisotopic (exact) mass is 1060 g/mol. The van der Waals surface area contributed by atoms with E-state index in [0.29, 0.717) is 28.3 Å². The van der Waals surface area contributed by atoms with Crippen LogP contribution in [0, 0.1) is 17.8 Å². The molecule has 1 saturated carbocycles. The summed E-state index contributed by atoms with van der Waals surface area (Å²) in [5.41, 5.74) is 13.8. The number of aromatic amines is 1. The number of hydrogen-bond donors (Lipinski definition) is 11. The van der Waals surface area contributed by atoms with E-state index in [1.165, 1.54) is 13.8 Å². The molecular formula is C46H64N10O17S. The van der Waals surface area contributed by atoms with Crippen molar-refractivity contribution in [3.63, 3.8) is 0 Å². The minimum atomic E-state index is -1.86. The van der Waals surface area contributed by atoms with Crippen molar-refractivity contribution in [3.8, 4) is 0 Å². The Morgan fingerprint density at radius 1 is 0.919 bits per heavy atom. The second kappa shape index (κ2) is 25.2. The van der Waals surface area contributed by atoms with Gasteiger partial charge in [-0.15, -0.1) is 11.8 Å². The number of ether oxygens (including phenoxy) is 3. The summed E-state index contributed by atoms with van der Waals surface area (Å²) in [5.74, 6) is -13.9. The number of primary amides is 1. The molecule has 2 aliphatic heterocycles. The molecule has 0 radical (unpaired) electrons. The Labute approximate surface area is 428 Å². The number of esters is 3. The van der Waals surface area contributed by atoms with Crippen LogP contribution in [0.2, 0.25) is 0 Å². The number of thioether (sulfide) groups is 1. The average molecular weight is 1060 g/mol. The first kappa shape index (κ1) is 57.8. The van der Waals surface area contributed by atoms with Crippen molar-refractivity contribution in [2.24, 2.45) is 29.2 Å². The number of nitrogens with one attached hydrogen (secondary N) is 7. The molecule has 27 nitrogen and oxygen atoms in total. The summed E-state index contributed by atoms with van der Waals surface area (Å²) in [7, 11) is 0. The molecule has 1 aromatic heterocycles. The number of aliphatic hydroxyl groups is 1. The van der Waals surface area contributed by atoms with E-state index in [0.717, 1.165) is 30.5 Å². The van der Waals surface area contributed by atoms with Gasteiger partial charge in [-0.25, -0.2) is 4.79 Å². The first-order valence-electron chi connectivity index (χ1n) is 23.8. The number of carboxylic acid groups (broad SMARTS) is 1. The van der Waals surface area contributed by atoms with E-state index in [4.69, 9.17) is 25.7 Å². The van der Waals surface area contributed by atoms with E-state index in [2.05, 4.69) is 36.9 Å². The number of fused-ring (bicyclic) bond motifs is 5. The van der Waals surface area contributed by atoms with Crippen LogP contribution in [-0.2, 0) is 78.2 Å². The van der Waals surface area contributed by atoms with Crippen LogP contribution >= 0.6 is 11.8 Å². The maximum absolute atomic E-state index is 14.5. The van der Waals surface area contributed by atoms with Crippen molar-refractivity contribution < 1.29 is 82.0 Å². The molecule has 3 heterocycles. The zero-order valence-corrected chi connectivity index (χ0v) is 42.4. The predicted molar refractivity (Wildman–Crippen MR) is 256 cm³/mol. The Morgan fingerprint density at radius 3 is 2.19 bits per heavy atom. The van der Waals surface area contributed by atoms with Gasteiger partial charge >= 0.3 is 23.9 Å². The number of aromatic nitrogens is 1. The van der Waals surface area contributed by atoms with Crippen LogP contribution in [0.5, 0.6) is 0 Å². The predicted octanol–water partition coefficient (Wildman–Crippen LogP) is -4.07. The summed E-state index contributed by atoms with van der Waals surface area (Å²) < 4.78 is 15.7. The highest BCUT2D eigenvalue weighted by molar-refractivity contribution is 7.99. The fraction of sp³-hybridized carbons (Fsp3) is 0.609. The van der Waals surface area contributed by atoms with Crippen LogP contribution in [0.15, 0.2) is 11.1 Å². The van der Waals surface area contributed by atoms with Crippen molar-refractivity contribution >= 4 is 89.0 Å². The highest BCUT2D eigenvalue weighted by atomic mass is 32.2. The third-order valence-electron chi connectivity index (χ3n) is 13.1. The van der Waals surface area contributed by atoms with Gasteiger partial charge in [0.2, 0.25) is 47.3 Å². The molecule has 13 atom stereocenters. The first-order chi connectivity index (χ1) is 34.8. The molecule has 74 heavy (non-hydrogen) atoms. The lowest BCUT2D eigenvalue weighted by molar-refractivity contribution is -0.162. The van der Waals surface area contributed by atoms with E-state index in [9.17, 15) is 67.7 Å². The van der Waals surface area contributed by atoms with Crippen LogP contribution in [0.3, 0.4) is 0 Å². The van der Waals surface area contributed by atoms with E-state index < -0.39 is 177 Å². The zero-order chi connectivity index (χ0) is 54.9. The highest BCUT2D eigenvalue weighted by Crippen LogP contribution is 2.57. The standard InChI is InChI=1S/C46H64N10O17S/c1-7-18(2)37-43(67)50-13-33(62)51-29(17-74-44-25(11-26(47)40(64)49-14-34(63)54-37)35-27(53-44)9-8-24-36(35)39(24)73-22(6)59)41(65)52-28(12-32(48)61)45(68)56-15-23(60)10-30(56)42(66)55-38(46(69)70)19(3)31(72-21(5)58)16-71-20(4)57/h8-9,18-19,23-24,26,28-31,36-39,53,60H,7,10-17,47H2,1-6H3,(H2,48,61)(H,49,64)(H,50,67)(H,51,62)(H,52,65)(H,54,63)(H,55,66)(H,69,70)/t18-,19-,23+,24?,26?,28?,29?,30-,31-,36?,37-,38-,39?/m0/s1. The van der Waals surface area contributed by atoms with Crippen LogP contribution in [-0.4, -0.2) is 178 Å². The number of carboxylic acids is 1. The summed E-state index contributed by atoms with van der Waals surface area (Å²) in [5, 5.41) is 36.1. The number of aliphatic carboxylic acids is 1. The quantitative estimate of drug-likeness (QED) is 0.0554. The lowest BCUT2D eigenvalue weighted by Gasteiger charge is -2.32. The number of rotatable bonds is 16. The normalized spacial score (nSPS) is 26.1. The number of nitrogens with zero attached hydrogens (tertiary/aromatic N) is 1. The number of aliphatic hydroxyl groups excluding tert-OH is 1.